The van der Waals surface area contributed by atoms with Crippen LogP contribution in [0.1, 0.15) is 0 Å². The van der Waals surface area contributed by atoms with Crippen LogP contribution in [0.15, 0.2) is 0 Å². The average molecular weight is 352 g/mol. The van der Waals surface area contributed by atoms with Gasteiger partial charge in [-0.25, -0.2) is 8.98 Å². The lowest BCUT2D eigenvalue weighted by Crippen LogP contribution is -2.45. The number of carbonyl (C=O) groups excluding carboxylic acids is 1. The number of halogens is 3. The second-order valence-corrected chi connectivity index (χ2v) is 5.81. The van der Waals surface area contributed by atoms with E-state index in [2.05, 4.69) is 4.18 Å². The summed E-state index contributed by atoms with van der Waals surface area (Å²) in [6.45, 7) is -0.0625. The molecule has 12 heteroatoms. The Hall–Kier alpha value is -0.950. The molecular formula is C10H15F3O8S. The molecule has 0 aliphatic carbocycles. The van der Waals surface area contributed by atoms with Crippen LogP contribution in [0.3, 0.4) is 0 Å². The Morgan fingerprint density at radius 3 is 2.27 bits per heavy atom. The third-order valence-electron chi connectivity index (χ3n) is 2.89. The summed E-state index contributed by atoms with van der Waals surface area (Å²) in [4.78, 5) is 11.6. The molecule has 22 heavy (non-hydrogen) atoms. The van der Waals surface area contributed by atoms with Gasteiger partial charge < -0.3 is 18.9 Å². The van der Waals surface area contributed by atoms with Crippen molar-refractivity contribution in [3.8, 4) is 0 Å². The van der Waals surface area contributed by atoms with Gasteiger partial charge >= 0.3 is 21.6 Å². The molecule has 1 aliphatic heterocycles. The first-order valence-electron chi connectivity index (χ1n) is 5.83. The third kappa shape index (κ3) is 3.87. The molecule has 1 saturated heterocycles. The Kier molecular flexibility index (Phi) is 6.15. The zero-order chi connectivity index (χ0) is 17.1. The maximum Gasteiger partial charge on any atom is 0.523 e. The maximum absolute atomic E-state index is 12.3. The van der Waals surface area contributed by atoms with Crippen LogP contribution in [0, 0.1) is 0 Å². The molecule has 0 unspecified atom stereocenters. The fourth-order valence-corrected chi connectivity index (χ4v) is 2.44. The van der Waals surface area contributed by atoms with Gasteiger partial charge in [-0.2, -0.15) is 21.6 Å². The zero-order valence-corrected chi connectivity index (χ0v) is 12.6. The first kappa shape index (κ1) is 19.1. The van der Waals surface area contributed by atoms with Crippen molar-refractivity contribution in [1.29, 1.82) is 0 Å². The van der Waals surface area contributed by atoms with Crippen LogP contribution in [0.4, 0.5) is 13.2 Å². The van der Waals surface area contributed by atoms with Crippen LogP contribution >= 0.6 is 0 Å². The Balaban J connectivity index is 3.00. The summed E-state index contributed by atoms with van der Waals surface area (Å²) >= 11 is 0. The van der Waals surface area contributed by atoms with E-state index in [1.165, 1.54) is 14.2 Å². The highest BCUT2D eigenvalue weighted by Crippen LogP contribution is 2.31. The molecule has 8 nitrogen and oxygen atoms in total. The number of alkyl halides is 3. The third-order valence-corrected chi connectivity index (χ3v) is 3.92. The zero-order valence-electron chi connectivity index (χ0n) is 11.8. The van der Waals surface area contributed by atoms with Crippen LogP contribution < -0.4 is 0 Å². The molecule has 1 aliphatic rings. The van der Waals surface area contributed by atoms with E-state index in [1.54, 1.807) is 0 Å². The fraction of sp³-hybridized carbons (Fsp3) is 0.900. The second kappa shape index (κ2) is 7.08. The molecule has 1 heterocycles. The SMILES string of the molecule is COC[C@@H](OC)[C@@H]1OC(=O)[C@H](OS(=O)(=O)C(F)(F)F)[C@H]1OC. The van der Waals surface area contributed by atoms with Gasteiger partial charge in [-0.1, -0.05) is 0 Å². The molecule has 130 valence electrons. The number of hydrogen-bond donors (Lipinski definition) is 0. The highest BCUT2D eigenvalue weighted by Gasteiger charge is 2.56. The summed E-state index contributed by atoms with van der Waals surface area (Å²) in [5.41, 5.74) is -5.67. The number of ether oxygens (including phenoxy) is 4. The minimum Gasteiger partial charge on any atom is -0.455 e. The first-order chi connectivity index (χ1) is 10.1. The number of rotatable bonds is 7. The number of esters is 1. The Morgan fingerprint density at radius 1 is 1.27 bits per heavy atom. The van der Waals surface area contributed by atoms with E-state index in [4.69, 9.17) is 18.9 Å². The van der Waals surface area contributed by atoms with Gasteiger partial charge in [-0.3, -0.25) is 0 Å². The van der Waals surface area contributed by atoms with Crippen molar-refractivity contribution in [3.63, 3.8) is 0 Å². The smallest absolute Gasteiger partial charge is 0.455 e. The molecule has 1 rings (SSSR count). The summed E-state index contributed by atoms with van der Waals surface area (Å²) in [7, 11) is -2.33. The van der Waals surface area contributed by atoms with Crippen molar-refractivity contribution in [2.75, 3.05) is 27.9 Å². The maximum atomic E-state index is 12.3. The van der Waals surface area contributed by atoms with E-state index in [-0.39, 0.29) is 6.61 Å². The van der Waals surface area contributed by atoms with E-state index in [0.29, 0.717) is 0 Å². The molecule has 0 bridgehead atoms. The predicted octanol–water partition coefficient (Wildman–Crippen LogP) is -0.177. The van der Waals surface area contributed by atoms with E-state index >= 15 is 0 Å². The van der Waals surface area contributed by atoms with Crippen molar-refractivity contribution >= 4 is 16.1 Å². The minimum absolute atomic E-state index is 0.0625. The van der Waals surface area contributed by atoms with Crippen LogP contribution in [0.25, 0.3) is 0 Å². The molecule has 0 saturated carbocycles. The van der Waals surface area contributed by atoms with Crippen molar-refractivity contribution < 1.29 is 49.5 Å². The molecule has 1 fully saturated rings. The van der Waals surface area contributed by atoms with Gasteiger partial charge in [0.15, 0.2) is 6.10 Å². The summed E-state index contributed by atoms with van der Waals surface area (Å²) in [5, 5.41) is 0. The number of methoxy groups -OCH3 is 3. The van der Waals surface area contributed by atoms with Crippen LogP contribution in [-0.4, -0.2) is 72.2 Å². The van der Waals surface area contributed by atoms with Gasteiger partial charge in [-0.15, -0.1) is 0 Å². The Labute approximate surface area is 124 Å². The summed E-state index contributed by atoms with van der Waals surface area (Å²) in [6.07, 6.45) is -5.56. The number of hydrogen-bond acceptors (Lipinski definition) is 8. The van der Waals surface area contributed by atoms with Gasteiger partial charge in [0.25, 0.3) is 0 Å². The van der Waals surface area contributed by atoms with Crippen LogP contribution in [-0.2, 0) is 38.0 Å². The van der Waals surface area contributed by atoms with Crippen molar-refractivity contribution in [1.82, 2.24) is 0 Å². The van der Waals surface area contributed by atoms with Gasteiger partial charge in [0.2, 0.25) is 6.10 Å². The molecule has 0 aromatic heterocycles. The van der Waals surface area contributed by atoms with Gasteiger partial charge in [0, 0.05) is 21.3 Å². The molecule has 4 atom stereocenters. The summed E-state index contributed by atoms with van der Waals surface area (Å²) < 4.78 is 82.5. The molecular weight excluding hydrogens is 337 g/mol. The Bertz CT molecular complexity index is 491. The highest BCUT2D eigenvalue weighted by atomic mass is 32.2. The monoisotopic (exact) mass is 352 g/mol. The van der Waals surface area contributed by atoms with Crippen LogP contribution in [0.5, 0.6) is 0 Å². The highest BCUT2D eigenvalue weighted by molar-refractivity contribution is 7.87. The van der Waals surface area contributed by atoms with Crippen molar-refractivity contribution in [3.05, 3.63) is 0 Å². The largest absolute Gasteiger partial charge is 0.523 e. The van der Waals surface area contributed by atoms with E-state index in [9.17, 15) is 26.4 Å². The van der Waals surface area contributed by atoms with Gasteiger partial charge in [0.1, 0.15) is 12.2 Å². The van der Waals surface area contributed by atoms with E-state index in [1.807, 2.05) is 0 Å². The molecule has 0 N–H and O–H groups in total. The summed E-state index contributed by atoms with van der Waals surface area (Å²) in [5.74, 6) is -1.30. The number of cyclic esters (lactones) is 1. The molecule has 0 amide bonds. The average Bonchev–Trinajstić information content (AvgIpc) is 2.70. The lowest BCUT2D eigenvalue weighted by Gasteiger charge is -2.25. The standard InChI is InChI=1S/C10H15F3O8S/c1-17-4-5(18-2)6-7(19-3)8(9(14)20-6)21-22(15,16)10(11,12)13/h5-8H,4H2,1-3H3/t5-,6+,7+,8-/m1/s1. The minimum atomic E-state index is -5.98. The van der Waals surface area contributed by atoms with E-state index in [0.717, 1.165) is 7.11 Å². The molecule has 0 radical (unpaired) electrons. The lowest BCUT2D eigenvalue weighted by atomic mass is 10.1. The van der Waals surface area contributed by atoms with Crippen molar-refractivity contribution in [2.45, 2.75) is 29.9 Å². The molecule has 0 aromatic carbocycles. The second-order valence-electron chi connectivity index (χ2n) is 4.25. The Morgan fingerprint density at radius 2 is 1.86 bits per heavy atom. The lowest BCUT2D eigenvalue weighted by molar-refractivity contribution is -0.152. The fourth-order valence-electron chi connectivity index (χ4n) is 1.87. The van der Waals surface area contributed by atoms with Crippen molar-refractivity contribution in [2.24, 2.45) is 0 Å². The normalized spacial score (nSPS) is 27.7. The van der Waals surface area contributed by atoms with Crippen LogP contribution in [0.2, 0.25) is 0 Å². The predicted molar refractivity (Wildman–Crippen MR) is 63.2 cm³/mol. The molecule has 0 aromatic rings. The number of carbonyl (C=O) groups is 1. The topological polar surface area (TPSA) is 97.4 Å². The summed E-state index contributed by atoms with van der Waals surface area (Å²) in [6, 6.07) is 0. The van der Waals surface area contributed by atoms with E-state index < -0.39 is 46.0 Å². The quantitative estimate of drug-likeness (QED) is 0.354. The van der Waals surface area contributed by atoms with Gasteiger partial charge in [0.05, 0.1) is 6.61 Å². The molecule has 0 spiro atoms. The first-order valence-corrected chi connectivity index (χ1v) is 7.24. The van der Waals surface area contributed by atoms with Gasteiger partial charge in [-0.05, 0) is 0 Å².